The SMILES string of the molecule is O=C(CCc1ccc(Cl)cc1Cl)C1CC1. The summed E-state index contributed by atoms with van der Waals surface area (Å²) in [4.78, 5) is 11.5. The third kappa shape index (κ3) is 2.96. The van der Waals surface area contributed by atoms with Gasteiger partial charge in [0.2, 0.25) is 0 Å². The Hall–Kier alpha value is -0.530. The van der Waals surface area contributed by atoms with Crippen LogP contribution in [-0.4, -0.2) is 5.78 Å². The van der Waals surface area contributed by atoms with Crippen molar-refractivity contribution in [1.29, 1.82) is 0 Å². The topological polar surface area (TPSA) is 17.1 Å². The van der Waals surface area contributed by atoms with Gasteiger partial charge in [-0.2, -0.15) is 0 Å². The van der Waals surface area contributed by atoms with E-state index in [-0.39, 0.29) is 0 Å². The number of hydrogen-bond donors (Lipinski definition) is 0. The highest BCUT2D eigenvalue weighted by molar-refractivity contribution is 6.35. The number of benzene rings is 1. The molecular weight excluding hydrogens is 231 g/mol. The van der Waals surface area contributed by atoms with Crippen LogP contribution in [0.5, 0.6) is 0 Å². The van der Waals surface area contributed by atoms with Crippen molar-refractivity contribution in [2.24, 2.45) is 5.92 Å². The zero-order valence-corrected chi connectivity index (χ0v) is 9.81. The summed E-state index contributed by atoms with van der Waals surface area (Å²) in [5.74, 6) is 0.720. The van der Waals surface area contributed by atoms with E-state index >= 15 is 0 Å². The monoisotopic (exact) mass is 242 g/mol. The van der Waals surface area contributed by atoms with E-state index in [1.807, 2.05) is 12.1 Å². The lowest BCUT2D eigenvalue weighted by Gasteiger charge is -2.03. The quantitative estimate of drug-likeness (QED) is 0.783. The maximum atomic E-state index is 11.5. The molecule has 1 saturated carbocycles. The largest absolute Gasteiger partial charge is 0.299 e. The van der Waals surface area contributed by atoms with Crippen LogP contribution in [-0.2, 0) is 11.2 Å². The lowest BCUT2D eigenvalue weighted by Crippen LogP contribution is -2.02. The zero-order valence-electron chi connectivity index (χ0n) is 8.30. The van der Waals surface area contributed by atoms with Crippen LogP contribution in [0, 0.1) is 5.92 Å². The Morgan fingerprint density at radius 1 is 1.33 bits per heavy atom. The molecule has 1 aromatic rings. The summed E-state index contributed by atoms with van der Waals surface area (Å²) in [5.41, 5.74) is 1.01. The van der Waals surface area contributed by atoms with Crippen LogP contribution < -0.4 is 0 Å². The van der Waals surface area contributed by atoms with Crippen LogP contribution >= 0.6 is 23.2 Å². The van der Waals surface area contributed by atoms with Crippen molar-refractivity contribution in [3.63, 3.8) is 0 Å². The van der Waals surface area contributed by atoms with Crippen molar-refractivity contribution in [3.05, 3.63) is 33.8 Å². The molecule has 0 unspecified atom stereocenters. The van der Waals surface area contributed by atoms with Gasteiger partial charge in [0.05, 0.1) is 0 Å². The van der Waals surface area contributed by atoms with E-state index in [1.165, 1.54) is 0 Å². The molecule has 80 valence electrons. The molecule has 1 aromatic carbocycles. The molecular formula is C12H12Cl2O. The maximum Gasteiger partial charge on any atom is 0.136 e. The number of halogens is 2. The van der Waals surface area contributed by atoms with Gasteiger partial charge < -0.3 is 0 Å². The summed E-state index contributed by atoms with van der Waals surface area (Å²) in [5, 5.41) is 1.29. The Balaban J connectivity index is 1.95. The highest BCUT2D eigenvalue weighted by Gasteiger charge is 2.28. The molecule has 3 heteroatoms. The molecule has 2 rings (SSSR count). The van der Waals surface area contributed by atoms with Crippen molar-refractivity contribution in [2.75, 3.05) is 0 Å². The highest BCUT2D eigenvalue weighted by Crippen LogP contribution is 2.31. The number of aryl methyl sites for hydroxylation is 1. The van der Waals surface area contributed by atoms with Gasteiger partial charge in [-0.25, -0.2) is 0 Å². The van der Waals surface area contributed by atoms with E-state index < -0.39 is 0 Å². The predicted molar refractivity (Wildman–Crippen MR) is 62.5 cm³/mol. The van der Waals surface area contributed by atoms with Gasteiger partial charge >= 0.3 is 0 Å². The molecule has 0 aromatic heterocycles. The molecule has 0 atom stereocenters. The van der Waals surface area contributed by atoms with Crippen molar-refractivity contribution in [2.45, 2.75) is 25.7 Å². The molecule has 0 saturated heterocycles. The molecule has 0 heterocycles. The predicted octanol–water partition coefficient (Wildman–Crippen LogP) is 3.91. The van der Waals surface area contributed by atoms with Crippen molar-refractivity contribution in [3.8, 4) is 0 Å². The zero-order chi connectivity index (χ0) is 10.8. The van der Waals surface area contributed by atoms with Gasteiger partial charge in [-0.3, -0.25) is 4.79 Å². The molecule has 0 aliphatic heterocycles. The van der Waals surface area contributed by atoms with Crippen LogP contribution in [0.4, 0.5) is 0 Å². The van der Waals surface area contributed by atoms with Gasteiger partial charge in [0.1, 0.15) is 5.78 Å². The lowest BCUT2D eigenvalue weighted by molar-refractivity contribution is -0.120. The molecule has 0 bridgehead atoms. The molecule has 0 amide bonds. The number of ketones is 1. The Labute approximate surface area is 99.4 Å². The lowest BCUT2D eigenvalue weighted by atomic mass is 10.1. The van der Waals surface area contributed by atoms with Gasteiger partial charge in [-0.1, -0.05) is 29.3 Å². The summed E-state index contributed by atoms with van der Waals surface area (Å²) in [6.07, 6.45) is 3.48. The van der Waals surface area contributed by atoms with E-state index in [1.54, 1.807) is 6.07 Å². The second-order valence-corrected chi connectivity index (χ2v) is 4.82. The van der Waals surface area contributed by atoms with Crippen LogP contribution in [0.15, 0.2) is 18.2 Å². The van der Waals surface area contributed by atoms with Crippen molar-refractivity contribution < 1.29 is 4.79 Å². The van der Waals surface area contributed by atoms with Crippen LogP contribution in [0.2, 0.25) is 10.0 Å². The molecule has 1 aliphatic rings. The second kappa shape index (κ2) is 4.54. The average molecular weight is 243 g/mol. The number of carbonyl (C=O) groups excluding carboxylic acids is 1. The number of rotatable bonds is 4. The van der Waals surface area contributed by atoms with Gasteiger partial charge in [0.15, 0.2) is 0 Å². The van der Waals surface area contributed by atoms with Crippen LogP contribution in [0.25, 0.3) is 0 Å². The van der Waals surface area contributed by atoms with E-state index in [0.717, 1.165) is 24.8 Å². The number of hydrogen-bond acceptors (Lipinski definition) is 1. The third-order valence-electron chi connectivity index (χ3n) is 2.69. The van der Waals surface area contributed by atoms with Crippen molar-refractivity contribution in [1.82, 2.24) is 0 Å². The average Bonchev–Trinajstić information content (AvgIpc) is 2.99. The third-order valence-corrected chi connectivity index (χ3v) is 3.28. The fourth-order valence-electron chi connectivity index (χ4n) is 1.59. The minimum absolute atomic E-state index is 0.344. The molecule has 0 N–H and O–H groups in total. The summed E-state index contributed by atoms with van der Waals surface area (Å²) in [7, 11) is 0. The first-order valence-electron chi connectivity index (χ1n) is 5.13. The first-order valence-corrected chi connectivity index (χ1v) is 5.89. The minimum atomic E-state index is 0.344. The Bertz CT molecular complexity index is 383. The maximum absolute atomic E-state index is 11.5. The Kier molecular flexibility index (Phi) is 3.32. The molecule has 15 heavy (non-hydrogen) atoms. The highest BCUT2D eigenvalue weighted by atomic mass is 35.5. The fraction of sp³-hybridized carbons (Fsp3) is 0.417. The molecule has 0 radical (unpaired) electrons. The summed E-state index contributed by atoms with van der Waals surface area (Å²) >= 11 is 11.8. The second-order valence-electron chi connectivity index (χ2n) is 3.98. The standard InChI is InChI=1S/C12H12Cl2O/c13-10-5-3-8(11(14)7-10)4-6-12(15)9-1-2-9/h3,5,7,9H,1-2,4,6H2. The normalized spacial score (nSPS) is 15.3. The van der Waals surface area contributed by atoms with Gasteiger partial charge in [-0.05, 0) is 37.0 Å². The smallest absolute Gasteiger partial charge is 0.136 e. The van der Waals surface area contributed by atoms with Gasteiger partial charge in [0, 0.05) is 22.4 Å². The Morgan fingerprint density at radius 2 is 2.07 bits per heavy atom. The van der Waals surface area contributed by atoms with Gasteiger partial charge in [0.25, 0.3) is 0 Å². The molecule has 1 fully saturated rings. The number of carbonyl (C=O) groups is 1. The molecule has 0 spiro atoms. The first kappa shape index (κ1) is 11.0. The summed E-state index contributed by atoms with van der Waals surface area (Å²) in [6, 6.07) is 5.43. The van der Waals surface area contributed by atoms with Gasteiger partial charge in [-0.15, -0.1) is 0 Å². The number of Topliss-reactive ketones (excluding diaryl/α,β-unsaturated/α-hetero) is 1. The van der Waals surface area contributed by atoms with Crippen LogP contribution in [0.3, 0.4) is 0 Å². The summed E-state index contributed by atoms with van der Waals surface area (Å²) < 4.78 is 0. The van der Waals surface area contributed by atoms with Crippen LogP contribution in [0.1, 0.15) is 24.8 Å². The van der Waals surface area contributed by atoms with E-state index in [9.17, 15) is 4.79 Å². The van der Waals surface area contributed by atoms with E-state index in [2.05, 4.69) is 0 Å². The van der Waals surface area contributed by atoms with E-state index in [4.69, 9.17) is 23.2 Å². The first-order chi connectivity index (χ1) is 7.16. The minimum Gasteiger partial charge on any atom is -0.299 e. The van der Waals surface area contributed by atoms with Crippen molar-refractivity contribution >= 4 is 29.0 Å². The molecule has 1 aliphatic carbocycles. The fourth-order valence-corrected chi connectivity index (χ4v) is 2.09. The Morgan fingerprint density at radius 3 is 2.67 bits per heavy atom. The molecule has 1 nitrogen and oxygen atoms in total. The van der Waals surface area contributed by atoms with E-state index in [0.29, 0.717) is 28.2 Å². The summed E-state index contributed by atoms with van der Waals surface area (Å²) in [6.45, 7) is 0.